The van der Waals surface area contributed by atoms with Crippen LogP contribution in [-0.4, -0.2) is 192 Å². The summed E-state index contributed by atoms with van der Waals surface area (Å²) in [6, 6.07) is 25.9. The highest BCUT2D eigenvalue weighted by atomic mass is 79.9. The van der Waals surface area contributed by atoms with Crippen molar-refractivity contribution in [1.29, 1.82) is 0 Å². The van der Waals surface area contributed by atoms with Crippen LogP contribution in [0.5, 0.6) is 47.6 Å². The maximum absolute atomic E-state index is 12.8. The highest BCUT2D eigenvalue weighted by Gasteiger charge is 2.26. The van der Waals surface area contributed by atoms with Gasteiger partial charge in [0.05, 0.1) is 36.0 Å². The molecule has 0 aliphatic carbocycles. The minimum Gasteiger partial charge on any atom is -0.473 e. The zero-order valence-corrected chi connectivity index (χ0v) is 78.0. The van der Waals surface area contributed by atoms with E-state index in [2.05, 4.69) is 162 Å². The molecule has 0 amide bonds. The first kappa shape index (κ1) is 74.6. The molecule has 0 saturated heterocycles. The van der Waals surface area contributed by atoms with E-state index in [1.54, 1.807) is 122 Å². The molecule has 8 heterocycles. The van der Waals surface area contributed by atoms with E-state index in [1.165, 1.54) is 37.8 Å². The van der Waals surface area contributed by atoms with Gasteiger partial charge in [-0.05, 0) is 146 Å². The van der Waals surface area contributed by atoms with Crippen molar-refractivity contribution in [2.24, 2.45) is 0 Å². The topological polar surface area (TPSA) is 513 Å². The molecule has 0 radical (unpaired) electrons. The largest absolute Gasteiger partial charge is 0.473 e. The van der Waals surface area contributed by atoms with E-state index in [4.69, 9.17) is 65.3 Å². The number of nitrogens with zero attached hydrogens (tertiary/aromatic N) is 16. The Kier molecular flexibility index (Phi) is 29.7. The summed E-state index contributed by atoms with van der Waals surface area (Å²) in [4.78, 5) is 63.0. The van der Waals surface area contributed by atoms with Crippen LogP contribution in [0.15, 0.2) is 190 Å². The minimum atomic E-state index is -4.83. The molecule has 8 N–H and O–H groups in total. The zero-order chi connectivity index (χ0) is 110. The van der Waals surface area contributed by atoms with E-state index in [-0.39, 0.29) is 165 Å². The molecule has 0 aliphatic heterocycles. The number of hydrogen-bond donors (Lipinski definition) is 8. The molecule has 0 unspecified atom stereocenters. The van der Waals surface area contributed by atoms with Crippen molar-refractivity contribution in [3.8, 4) is 92.1 Å². The Hall–Kier alpha value is -11.3. The number of nitrogens with one attached hydrogen (secondary N) is 8. The molecule has 680 valence electrons. The fourth-order valence-corrected chi connectivity index (χ4v) is 13.7. The van der Waals surface area contributed by atoms with Crippen molar-refractivity contribution >= 4 is 128 Å². The molecule has 48 heteroatoms. The number of hydrogen-bond acceptors (Lipinski definition) is 32. The smallest absolute Gasteiger partial charge is 0.316 e. The van der Waals surface area contributed by atoms with Crippen LogP contribution in [-0.2, 0) is 40.8 Å². The van der Waals surface area contributed by atoms with Gasteiger partial charge in [-0.3, -0.25) is 18.9 Å². The SMILES string of the molecule is [2H]C([2H])(C)C([2H])([2H])NS(=O)(=O)Nc1ncnc(OC([2H])([2H])C([2H])([2H])Oc2ncc(C)cn2)c1-c1ccc(Br)cc1.[2H]c1nc(OCCOc2ncnc(NS(=O)(=O)NC([2H])([2H])C([2H])([2H])C)c2-c2ccc(Br)cc2)nc([2H])c1C.[2H]c1nc(OCCOc2ncnc(NS(=O)(=O)NC([2H])([2H])CC)c2-c2ccc(Br)cc2)nc([2H])c1C.[2H]c1nc(OCCOc2ncnc(NS(=O)(=O)NCCC)c2-c2ccc(Br)cc2)nc([2H])c1C. The Morgan fingerprint density at radius 1 is 0.305 bits per heavy atom. The molecular formula is C80H92Br4N24O16S4. The zero-order valence-electron chi connectivity index (χ0n) is 88.4. The molecule has 12 rings (SSSR count). The second-order valence-electron chi connectivity index (χ2n) is 24.6. The lowest BCUT2D eigenvalue weighted by Crippen LogP contribution is -2.31. The highest BCUT2D eigenvalue weighted by molar-refractivity contribution is 9.11. The summed E-state index contributed by atoms with van der Waals surface area (Å²) < 4.78 is 320. The van der Waals surface area contributed by atoms with Gasteiger partial charge in [0.2, 0.25) is 23.5 Å². The van der Waals surface area contributed by atoms with Gasteiger partial charge in [0.25, 0.3) is 40.8 Å². The monoisotopic (exact) mass is 2110 g/mol. The summed E-state index contributed by atoms with van der Waals surface area (Å²) in [5.41, 5.74) is 3.92. The normalized spacial score (nSPS) is 14.3. The van der Waals surface area contributed by atoms with Gasteiger partial charge in [-0.15, -0.1) is 0 Å². The van der Waals surface area contributed by atoms with E-state index < -0.39 is 104 Å². The first-order valence-corrected chi connectivity index (χ1v) is 46.1. The van der Waals surface area contributed by atoms with Crippen molar-refractivity contribution in [1.82, 2.24) is 98.6 Å². The van der Waals surface area contributed by atoms with Gasteiger partial charge in [-0.2, -0.15) is 52.6 Å². The molecule has 0 bridgehead atoms. The molecule has 40 nitrogen and oxygen atoms in total. The summed E-state index contributed by atoms with van der Waals surface area (Å²) in [5.74, 6) is -1.29. The van der Waals surface area contributed by atoms with Crippen molar-refractivity contribution in [3.05, 3.63) is 212 Å². The summed E-state index contributed by atoms with van der Waals surface area (Å²) in [5, 5.41) is 0. The van der Waals surface area contributed by atoms with E-state index in [9.17, 15) is 33.7 Å². The first-order valence-electron chi connectivity index (χ1n) is 47.0. The summed E-state index contributed by atoms with van der Waals surface area (Å²) >= 11 is 13.3. The van der Waals surface area contributed by atoms with Crippen molar-refractivity contribution in [2.75, 3.05) is 97.7 Å². The molecule has 0 atom stereocenters. The van der Waals surface area contributed by atoms with E-state index in [1.807, 2.05) is 16.4 Å². The third kappa shape index (κ3) is 34.0. The van der Waals surface area contributed by atoms with Gasteiger partial charge in [0.15, 0.2) is 23.3 Å². The lowest BCUT2D eigenvalue weighted by atomic mass is 10.1. The number of benzene rings is 4. The number of anilines is 4. The molecule has 0 spiro atoms. The van der Waals surface area contributed by atoms with Crippen LogP contribution >= 0.6 is 63.7 Å². The van der Waals surface area contributed by atoms with Crippen molar-refractivity contribution in [2.45, 2.75) is 81.0 Å². The van der Waals surface area contributed by atoms with Gasteiger partial charge in [0, 0.05) is 107 Å². The molecule has 0 saturated carbocycles. The lowest BCUT2D eigenvalue weighted by Gasteiger charge is -2.15. The predicted octanol–water partition coefficient (Wildman–Crippen LogP) is 12.5. The molecule has 0 aliphatic rings. The maximum Gasteiger partial charge on any atom is 0.316 e. The van der Waals surface area contributed by atoms with Crippen LogP contribution in [0.2, 0.25) is 0 Å². The average molecular weight is 2110 g/mol. The Bertz CT molecular complexity index is 7050. The van der Waals surface area contributed by atoms with Gasteiger partial charge >= 0.3 is 24.0 Å². The quantitative estimate of drug-likeness (QED) is 0.0164. The van der Waals surface area contributed by atoms with Crippen LogP contribution in [0, 0.1) is 27.7 Å². The minimum absolute atomic E-state index is 0.00480. The third-order valence-corrected chi connectivity index (χ3v) is 20.6. The Morgan fingerprint density at radius 2 is 0.562 bits per heavy atom. The van der Waals surface area contributed by atoms with Crippen molar-refractivity contribution < 1.29 is 99.0 Å². The maximum atomic E-state index is 12.8. The predicted molar refractivity (Wildman–Crippen MR) is 495 cm³/mol. The van der Waals surface area contributed by atoms with Gasteiger partial charge in [0.1, 0.15) is 78.1 Å². The molecule has 0 fully saturated rings. The Labute approximate surface area is 803 Å². The Morgan fingerprint density at radius 3 is 0.844 bits per heavy atom. The van der Waals surface area contributed by atoms with Crippen LogP contribution < -0.4 is 75.7 Å². The van der Waals surface area contributed by atoms with Crippen LogP contribution in [0.3, 0.4) is 0 Å². The van der Waals surface area contributed by atoms with Gasteiger partial charge in [-0.25, -0.2) is 79.7 Å². The second kappa shape index (κ2) is 51.0. The van der Waals surface area contributed by atoms with E-state index >= 15 is 0 Å². The first-order chi connectivity index (χ1) is 68.9. The number of aromatic nitrogens is 16. The summed E-state index contributed by atoms with van der Waals surface area (Å²) in [7, 11) is -17.7. The average Bonchev–Trinajstić information content (AvgIpc) is 0.770. The van der Waals surface area contributed by atoms with Crippen LogP contribution in [0.25, 0.3) is 44.5 Å². The van der Waals surface area contributed by atoms with Crippen LogP contribution in [0.1, 0.15) is 103 Å². The molecule has 8 aromatic heterocycles. The van der Waals surface area contributed by atoms with Crippen LogP contribution in [0.4, 0.5) is 23.3 Å². The highest BCUT2D eigenvalue weighted by Crippen LogP contribution is 2.39. The fourth-order valence-electron chi connectivity index (χ4n) is 9.48. The number of halogens is 4. The fraction of sp³-hybridized carbons (Fsp3) is 0.300. The summed E-state index contributed by atoms with van der Waals surface area (Å²) in [6.45, 7) is -3.11. The van der Waals surface area contributed by atoms with Gasteiger partial charge < -0.3 is 37.9 Å². The Balaban J connectivity index is 0.000000220. The molecular weight excluding hydrogens is 2000 g/mol. The number of aryl methyl sites for hydroxylation is 1. The lowest BCUT2D eigenvalue weighted by molar-refractivity contribution is 0.202. The van der Waals surface area contributed by atoms with E-state index in [0.29, 0.717) is 55.4 Å². The summed E-state index contributed by atoms with van der Waals surface area (Å²) in [6.07, 6.45) is 1.54. The number of rotatable bonds is 44. The third-order valence-electron chi connectivity index (χ3n) is 14.9. The molecule has 4 aromatic carbocycles. The molecule has 128 heavy (non-hydrogen) atoms. The van der Waals surface area contributed by atoms with E-state index in [0.717, 1.165) is 46.2 Å². The standard InChI is InChI=1S/4C20H23BrN6O4S/c4*1-3-8-26-32(28,29)27-18-17(15-4-6-16(21)7-5-15)19(25-13-24-18)30-9-10-31-20-22-11-14(2)12-23-20/h4*4-7,11-13,26H,3,8-10H2,1-2H3,(H,24,25,27)/i3D2,8D2,11D,12D;3D2,8D2,9D2,10D2;8D2,11D,12D;11D,12D. The second-order valence-corrected chi connectivity index (χ2v) is 34.1. The van der Waals surface area contributed by atoms with Gasteiger partial charge in [-0.1, -0.05) is 140 Å². The van der Waals surface area contributed by atoms with Crippen molar-refractivity contribution in [3.63, 3.8) is 0 Å². The number of ether oxygens (including phenoxy) is 8. The molecule has 12 aromatic rings.